The molecule has 0 unspecified atom stereocenters. The Hall–Kier alpha value is -4.32. The molecule has 9 rings (SSSR count). The van der Waals surface area contributed by atoms with Crippen molar-refractivity contribution >= 4 is 95.7 Å². The van der Waals surface area contributed by atoms with E-state index in [1.807, 2.05) is 17.5 Å². The molecule has 9 aromatic rings. The van der Waals surface area contributed by atoms with E-state index in [1.165, 1.54) is 57.3 Å². The van der Waals surface area contributed by atoms with Gasteiger partial charge >= 0.3 is 0 Å². The van der Waals surface area contributed by atoms with E-state index in [0.29, 0.717) is 0 Å². The molecule has 0 N–H and O–H groups in total. The zero-order valence-corrected chi connectivity index (χ0v) is 21.1. The minimum atomic E-state index is 0.719. The summed E-state index contributed by atoms with van der Waals surface area (Å²) in [5, 5.41) is 8.86. The van der Waals surface area contributed by atoms with Gasteiger partial charge in [-0.3, -0.25) is 4.57 Å². The van der Waals surface area contributed by atoms with E-state index in [-0.39, 0.29) is 0 Å². The van der Waals surface area contributed by atoms with Gasteiger partial charge in [0.2, 0.25) is 5.95 Å². The standard InChI is InChI=1S/C32H17N3S2/c1-2-10-19-18(9-1)27-20-11-3-6-14-23(20)35(30(27)31-28(19)21-12-4-7-15-24(21)37-31)32-33-17-26-29(34-32)22-13-5-8-16-25(22)36-26/h1-17H. The lowest BCUT2D eigenvalue weighted by Crippen LogP contribution is -2.00. The molecule has 3 nitrogen and oxygen atoms in total. The molecule has 0 atom stereocenters. The van der Waals surface area contributed by atoms with Gasteiger partial charge in [0.15, 0.2) is 0 Å². The Morgan fingerprint density at radius 2 is 1.16 bits per heavy atom. The highest BCUT2D eigenvalue weighted by molar-refractivity contribution is 7.27. The molecule has 0 saturated carbocycles. The van der Waals surface area contributed by atoms with Crippen molar-refractivity contribution in [2.75, 3.05) is 0 Å². The number of rotatable bonds is 1. The summed E-state index contributed by atoms with van der Waals surface area (Å²) in [5.41, 5.74) is 3.34. The van der Waals surface area contributed by atoms with Crippen LogP contribution in [-0.2, 0) is 0 Å². The molecule has 0 fully saturated rings. The second-order valence-electron chi connectivity index (χ2n) is 9.41. The van der Waals surface area contributed by atoms with Crippen LogP contribution in [0.25, 0.3) is 79.0 Å². The van der Waals surface area contributed by atoms with Crippen molar-refractivity contribution in [1.82, 2.24) is 14.5 Å². The predicted molar refractivity (Wildman–Crippen MR) is 160 cm³/mol. The van der Waals surface area contributed by atoms with Gasteiger partial charge in [0.05, 0.1) is 32.1 Å². The van der Waals surface area contributed by atoms with Gasteiger partial charge in [-0.15, -0.1) is 22.7 Å². The first-order chi connectivity index (χ1) is 18.4. The highest BCUT2D eigenvalue weighted by Crippen LogP contribution is 2.47. The van der Waals surface area contributed by atoms with E-state index in [1.54, 1.807) is 11.3 Å². The van der Waals surface area contributed by atoms with Crippen molar-refractivity contribution in [2.45, 2.75) is 0 Å². The SMILES string of the molecule is c1ccc2c(c1)sc1cnc(-n3c4ccccc4c4c5ccccc5c5c6ccccc6sc5c43)nc12. The molecule has 0 aliphatic rings. The molecule has 0 spiro atoms. The summed E-state index contributed by atoms with van der Waals surface area (Å²) in [6.45, 7) is 0. The largest absolute Gasteiger partial charge is 0.276 e. The van der Waals surface area contributed by atoms with Crippen LogP contribution in [0.2, 0.25) is 0 Å². The molecule has 4 heterocycles. The van der Waals surface area contributed by atoms with Crippen molar-refractivity contribution in [1.29, 1.82) is 0 Å². The number of benzene rings is 5. The van der Waals surface area contributed by atoms with Crippen LogP contribution in [0.3, 0.4) is 0 Å². The molecular weight excluding hydrogens is 491 g/mol. The van der Waals surface area contributed by atoms with Crippen LogP contribution < -0.4 is 0 Å². The quantitative estimate of drug-likeness (QED) is 0.221. The van der Waals surface area contributed by atoms with E-state index >= 15 is 0 Å². The first kappa shape index (κ1) is 19.8. The predicted octanol–water partition coefficient (Wildman–Crippen LogP) is 9.46. The van der Waals surface area contributed by atoms with Crippen LogP contribution in [0.5, 0.6) is 0 Å². The summed E-state index contributed by atoms with van der Waals surface area (Å²) < 4.78 is 7.23. The number of thiophene rings is 2. The number of aromatic nitrogens is 3. The Balaban J connectivity index is 1.55. The van der Waals surface area contributed by atoms with Crippen molar-refractivity contribution < 1.29 is 0 Å². The fraction of sp³-hybridized carbons (Fsp3) is 0. The lowest BCUT2D eigenvalue weighted by atomic mass is 9.99. The summed E-state index contributed by atoms with van der Waals surface area (Å²) in [5.74, 6) is 0.719. The fourth-order valence-electron chi connectivity index (χ4n) is 5.94. The molecule has 0 amide bonds. The Morgan fingerprint density at radius 3 is 1.97 bits per heavy atom. The number of hydrogen-bond acceptors (Lipinski definition) is 4. The topological polar surface area (TPSA) is 30.7 Å². The van der Waals surface area contributed by atoms with E-state index in [4.69, 9.17) is 9.97 Å². The molecule has 0 saturated heterocycles. The monoisotopic (exact) mass is 507 g/mol. The van der Waals surface area contributed by atoms with E-state index < -0.39 is 0 Å². The van der Waals surface area contributed by atoms with Gasteiger partial charge in [0.25, 0.3) is 0 Å². The molecule has 0 bridgehead atoms. The molecule has 0 radical (unpaired) electrons. The van der Waals surface area contributed by atoms with Gasteiger partial charge in [-0.25, -0.2) is 9.97 Å². The Bertz CT molecular complexity index is 2370. The van der Waals surface area contributed by atoms with Gasteiger partial charge in [-0.1, -0.05) is 78.9 Å². The third-order valence-electron chi connectivity index (χ3n) is 7.46. The maximum absolute atomic E-state index is 5.21. The van der Waals surface area contributed by atoms with Crippen LogP contribution in [0, 0.1) is 0 Å². The lowest BCUT2D eigenvalue weighted by molar-refractivity contribution is 1.02. The summed E-state index contributed by atoms with van der Waals surface area (Å²) in [6, 6.07) is 34.7. The van der Waals surface area contributed by atoms with Crippen molar-refractivity contribution in [3.05, 3.63) is 103 Å². The molecule has 0 aliphatic heterocycles. The number of para-hydroxylation sites is 1. The summed E-state index contributed by atoms with van der Waals surface area (Å²) in [6.07, 6.45) is 1.99. The van der Waals surface area contributed by atoms with Gasteiger partial charge in [0, 0.05) is 36.3 Å². The van der Waals surface area contributed by atoms with E-state index in [9.17, 15) is 0 Å². The van der Waals surface area contributed by atoms with Crippen molar-refractivity contribution in [3.8, 4) is 5.95 Å². The van der Waals surface area contributed by atoms with Crippen LogP contribution in [0.15, 0.2) is 103 Å². The maximum Gasteiger partial charge on any atom is 0.235 e. The van der Waals surface area contributed by atoms with Gasteiger partial charge in [0.1, 0.15) is 0 Å². The van der Waals surface area contributed by atoms with Crippen molar-refractivity contribution in [3.63, 3.8) is 0 Å². The average molecular weight is 508 g/mol. The highest BCUT2D eigenvalue weighted by Gasteiger charge is 2.22. The Labute approximate surface area is 218 Å². The molecule has 5 heteroatoms. The highest BCUT2D eigenvalue weighted by atomic mass is 32.1. The van der Waals surface area contributed by atoms with Crippen LogP contribution in [0.1, 0.15) is 0 Å². The Morgan fingerprint density at radius 1 is 0.541 bits per heavy atom. The van der Waals surface area contributed by atoms with Gasteiger partial charge in [-0.05, 0) is 29.0 Å². The molecule has 172 valence electrons. The van der Waals surface area contributed by atoms with E-state index in [0.717, 1.165) is 21.7 Å². The zero-order chi connectivity index (χ0) is 24.1. The van der Waals surface area contributed by atoms with Gasteiger partial charge < -0.3 is 0 Å². The second-order valence-corrected chi connectivity index (χ2v) is 11.5. The minimum absolute atomic E-state index is 0.719. The summed E-state index contributed by atoms with van der Waals surface area (Å²) >= 11 is 3.61. The fourth-order valence-corrected chi connectivity index (χ4v) is 8.22. The molecule has 0 aliphatic carbocycles. The molecular formula is C32H17N3S2. The molecule has 4 aromatic heterocycles. The number of fused-ring (bicyclic) bond motifs is 13. The summed E-state index contributed by atoms with van der Waals surface area (Å²) in [7, 11) is 0. The van der Waals surface area contributed by atoms with Gasteiger partial charge in [-0.2, -0.15) is 0 Å². The zero-order valence-electron chi connectivity index (χ0n) is 19.5. The number of nitrogens with zero attached hydrogens (tertiary/aromatic N) is 3. The smallest absolute Gasteiger partial charge is 0.235 e. The number of hydrogen-bond donors (Lipinski definition) is 0. The van der Waals surface area contributed by atoms with Crippen molar-refractivity contribution in [2.24, 2.45) is 0 Å². The first-order valence-electron chi connectivity index (χ1n) is 12.3. The normalized spacial score (nSPS) is 12.3. The summed E-state index contributed by atoms with van der Waals surface area (Å²) in [4.78, 5) is 10.2. The maximum atomic E-state index is 5.21. The lowest BCUT2D eigenvalue weighted by Gasteiger charge is -2.09. The third kappa shape index (κ3) is 2.55. The first-order valence-corrected chi connectivity index (χ1v) is 13.9. The van der Waals surface area contributed by atoms with Crippen LogP contribution in [-0.4, -0.2) is 14.5 Å². The average Bonchev–Trinajstić information content (AvgIpc) is 3.62. The second kappa shape index (κ2) is 7.13. The third-order valence-corrected chi connectivity index (χ3v) is 9.73. The Kier molecular flexibility index (Phi) is 3.82. The van der Waals surface area contributed by atoms with E-state index in [2.05, 4.69) is 102 Å². The van der Waals surface area contributed by atoms with Crippen LogP contribution >= 0.6 is 22.7 Å². The molecule has 5 aromatic carbocycles. The minimum Gasteiger partial charge on any atom is -0.276 e. The van der Waals surface area contributed by atoms with Crippen LogP contribution in [0.4, 0.5) is 0 Å². The molecule has 37 heavy (non-hydrogen) atoms.